The Hall–Kier alpha value is -1.43. The first-order chi connectivity index (χ1) is 5.47. The Bertz CT molecular complexity index is 318. The van der Waals surface area contributed by atoms with Gasteiger partial charge >= 0.3 is 0 Å². The summed E-state index contributed by atoms with van der Waals surface area (Å²) in [4.78, 5) is 12.2. The maximum atomic E-state index is 3.90. The van der Waals surface area contributed by atoms with E-state index in [4.69, 9.17) is 0 Å². The number of nitrogens with zero attached hydrogens (tertiary/aromatic N) is 5. The monoisotopic (exact) mass is 164 g/mol. The third kappa shape index (κ3) is 1.20. The predicted molar refractivity (Wildman–Crippen MR) is 37.6 cm³/mol. The van der Waals surface area contributed by atoms with Crippen molar-refractivity contribution in [2.75, 3.05) is 0 Å². The minimum absolute atomic E-state index is 0.565. The van der Waals surface area contributed by atoms with Crippen LogP contribution in [-0.2, 0) is 0 Å². The molecule has 0 amide bonds. The van der Waals surface area contributed by atoms with E-state index in [9.17, 15) is 0 Å². The van der Waals surface area contributed by atoms with Crippen LogP contribution in [0.5, 0.6) is 0 Å². The van der Waals surface area contributed by atoms with Crippen LogP contribution in [-0.4, -0.2) is 24.5 Å². The summed E-state index contributed by atoms with van der Waals surface area (Å²) in [5.41, 5.74) is 0. The van der Waals surface area contributed by atoms with E-state index < -0.39 is 0 Å². The van der Waals surface area contributed by atoms with Gasteiger partial charge in [0.2, 0.25) is 0 Å². The maximum absolute atomic E-state index is 3.90. The molecule has 0 fully saturated rings. The van der Waals surface area contributed by atoms with Crippen LogP contribution in [0.1, 0.15) is 0 Å². The zero-order valence-electron chi connectivity index (χ0n) is 5.30. The van der Waals surface area contributed by atoms with E-state index in [2.05, 4.69) is 30.7 Å². The summed E-state index contributed by atoms with van der Waals surface area (Å²) in [7, 11) is 0. The highest BCUT2D eigenvalue weighted by molar-refractivity contribution is 7.09. The van der Waals surface area contributed by atoms with Crippen LogP contribution < -0.4 is 0 Å². The van der Waals surface area contributed by atoms with E-state index in [0.717, 1.165) is 4.88 Å². The lowest BCUT2D eigenvalue weighted by atomic mass is 10.5. The molecule has 0 aromatic carbocycles. The summed E-state index contributed by atoms with van der Waals surface area (Å²) in [5, 5.41) is 3.54. The Morgan fingerprint density at radius 1 is 1.27 bits per heavy atom. The summed E-state index contributed by atoms with van der Waals surface area (Å²) in [6.07, 6.45) is 5.51. The van der Waals surface area contributed by atoms with E-state index in [-0.39, 0.29) is 0 Å². The van der Waals surface area contributed by atoms with Gasteiger partial charge in [0.25, 0.3) is 0 Å². The molecule has 2 rings (SSSR count). The van der Waals surface area contributed by atoms with Crippen molar-refractivity contribution in [3.63, 3.8) is 0 Å². The molecule has 2 heterocycles. The molecule has 0 unspecified atom stereocenters. The van der Waals surface area contributed by atoms with Crippen molar-refractivity contribution in [1.29, 1.82) is 0 Å². The minimum Gasteiger partial charge on any atom is -0.225 e. The highest BCUT2D eigenvalue weighted by Gasteiger charge is 2.01. The van der Waals surface area contributed by atoms with E-state index in [1.165, 1.54) is 24.2 Å². The Morgan fingerprint density at radius 2 is 2.09 bits per heavy atom. The molecule has 6 heteroatoms. The normalized spacial score (nSPS) is 9.82. The fraction of sp³-hybridized carbons (Fsp3) is 0. The zero-order chi connectivity index (χ0) is 7.52. The van der Waals surface area contributed by atoms with Gasteiger partial charge in [-0.3, -0.25) is 0 Å². The Kier molecular flexibility index (Phi) is 1.53. The van der Waals surface area contributed by atoms with Crippen molar-refractivity contribution < 1.29 is 0 Å². The molecule has 53 valence electrons. The lowest BCUT2D eigenvalue weighted by Crippen LogP contribution is -1.85. The van der Waals surface area contributed by atoms with Gasteiger partial charge in [-0.15, -0.1) is 5.10 Å². The molecule has 0 atom stereocenters. The standard InChI is InChI=1S/C5H2N5S/c1-4(11-10-9-1)5-7-2-6-3-8-5/h2-3H. The van der Waals surface area contributed by atoms with Crippen molar-refractivity contribution in [3.05, 3.63) is 18.9 Å². The van der Waals surface area contributed by atoms with E-state index in [1.54, 1.807) is 0 Å². The SMILES string of the molecule is [c]1nnsc1-c1ncncn1. The number of hydrogen-bond donors (Lipinski definition) is 0. The molecular formula is C5H2N5S. The molecule has 0 aliphatic heterocycles. The van der Waals surface area contributed by atoms with E-state index in [0.29, 0.717) is 5.82 Å². The number of rotatable bonds is 1. The van der Waals surface area contributed by atoms with Crippen LogP contribution in [0.25, 0.3) is 10.7 Å². The second-order valence-corrected chi connectivity index (χ2v) is 2.43. The lowest BCUT2D eigenvalue weighted by molar-refractivity contribution is 1.06. The van der Waals surface area contributed by atoms with Crippen LogP contribution in [0.3, 0.4) is 0 Å². The molecule has 0 bridgehead atoms. The van der Waals surface area contributed by atoms with Crippen molar-refractivity contribution in [2.45, 2.75) is 0 Å². The summed E-state index contributed by atoms with van der Waals surface area (Å²) in [5.74, 6) is 0.565. The molecule has 2 aromatic rings. The van der Waals surface area contributed by atoms with Crippen LogP contribution in [0.4, 0.5) is 0 Å². The molecule has 0 spiro atoms. The van der Waals surface area contributed by atoms with Crippen LogP contribution in [0.15, 0.2) is 12.7 Å². The van der Waals surface area contributed by atoms with Crippen molar-refractivity contribution in [3.8, 4) is 10.7 Å². The van der Waals surface area contributed by atoms with Gasteiger partial charge in [-0.2, -0.15) is 0 Å². The van der Waals surface area contributed by atoms with Crippen molar-refractivity contribution in [1.82, 2.24) is 24.5 Å². The topological polar surface area (TPSA) is 64.5 Å². The summed E-state index contributed by atoms with van der Waals surface area (Å²) in [6, 6.07) is 0. The first-order valence-electron chi connectivity index (χ1n) is 2.79. The smallest absolute Gasteiger partial charge is 0.176 e. The molecular weight excluding hydrogens is 162 g/mol. The third-order valence-electron chi connectivity index (χ3n) is 1.02. The summed E-state index contributed by atoms with van der Waals surface area (Å²) >= 11 is 1.21. The van der Waals surface area contributed by atoms with Crippen molar-refractivity contribution >= 4 is 11.5 Å². The van der Waals surface area contributed by atoms with Gasteiger partial charge in [0, 0.05) is 0 Å². The average Bonchev–Trinajstić information content (AvgIpc) is 2.58. The van der Waals surface area contributed by atoms with Gasteiger partial charge in [-0.25, -0.2) is 15.0 Å². The Balaban J connectivity index is 2.46. The Morgan fingerprint density at radius 3 is 2.73 bits per heavy atom. The average molecular weight is 164 g/mol. The van der Waals surface area contributed by atoms with Crippen LogP contribution >= 0.6 is 11.5 Å². The number of aromatic nitrogens is 5. The fourth-order valence-electron chi connectivity index (χ4n) is 0.595. The van der Waals surface area contributed by atoms with E-state index >= 15 is 0 Å². The molecule has 0 N–H and O–H groups in total. The van der Waals surface area contributed by atoms with Crippen molar-refractivity contribution in [2.24, 2.45) is 0 Å². The first kappa shape index (κ1) is 6.29. The quantitative estimate of drug-likeness (QED) is 0.602. The number of hydrogen-bond acceptors (Lipinski definition) is 6. The lowest BCUT2D eigenvalue weighted by Gasteiger charge is -1.87. The molecule has 0 aliphatic rings. The van der Waals surface area contributed by atoms with Gasteiger partial charge in [-0.1, -0.05) is 4.49 Å². The molecule has 0 saturated carbocycles. The summed E-state index contributed by atoms with van der Waals surface area (Å²) < 4.78 is 3.63. The van der Waals surface area contributed by atoms with E-state index in [1.807, 2.05) is 0 Å². The highest BCUT2D eigenvalue weighted by Crippen LogP contribution is 2.13. The highest BCUT2D eigenvalue weighted by atomic mass is 32.1. The predicted octanol–water partition coefficient (Wildman–Crippen LogP) is 0.190. The molecule has 0 aliphatic carbocycles. The second kappa shape index (κ2) is 2.67. The van der Waals surface area contributed by atoms with Gasteiger partial charge in [-0.05, 0) is 11.5 Å². The van der Waals surface area contributed by atoms with Gasteiger partial charge in [0.15, 0.2) is 5.82 Å². The molecule has 1 radical (unpaired) electrons. The first-order valence-corrected chi connectivity index (χ1v) is 3.56. The molecule has 11 heavy (non-hydrogen) atoms. The van der Waals surface area contributed by atoms with Gasteiger partial charge in [0.05, 0.1) is 0 Å². The Labute approximate surface area is 66.3 Å². The largest absolute Gasteiger partial charge is 0.225 e. The fourth-order valence-corrected chi connectivity index (χ4v) is 1.03. The van der Waals surface area contributed by atoms with Crippen LogP contribution in [0.2, 0.25) is 0 Å². The summed E-state index contributed by atoms with van der Waals surface area (Å²) in [6.45, 7) is 0. The maximum Gasteiger partial charge on any atom is 0.176 e. The molecule has 0 saturated heterocycles. The minimum atomic E-state index is 0.565. The zero-order valence-corrected chi connectivity index (χ0v) is 6.12. The van der Waals surface area contributed by atoms with Gasteiger partial charge < -0.3 is 0 Å². The van der Waals surface area contributed by atoms with Crippen LogP contribution in [0, 0.1) is 6.20 Å². The third-order valence-corrected chi connectivity index (χ3v) is 1.64. The van der Waals surface area contributed by atoms with Gasteiger partial charge in [0.1, 0.15) is 23.7 Å². The molecule has 5 nitrogen and oxygen atoms in total. The molecule has 2 aromatic heterocycles. The second-order valence-electron chi connectivity index (χ2n) is 1.68.